The maximum atomic E-state index is 12.1. The van der Waals surface area contributed by atoms with E-state index in [0.29, 0.717) is 17.9 Å². The van der Waals surface area contributed by atoms with E-state index >= 15 is 0 Å². The summed E-state index contributed by atoms with van der Waals surface area (Å²) in [5.74, 6) is -0.335. The number of para-hydroxylation sites is 1. The predicted molar refractivity (Wildman–Crippen MR) is 111 cm³/mol. The summed E-state index contributed by atoms with van der Waals surface area (Å²) in [4.78, 5) is 16.7. The molecule has 0 unspecified atom stereocenters. The summed E-state index contributed by atoms with van der Waals surface area (Å²) in [6.45, 7) is 11.4. The zero-order chi connectivity index (χ0) is 19.7. The van der Waals surface area contributed by atoms with E-state index in [0.717, 1.165) is 5.56 Å². The average Bonchev–Trinajstić information content (AvgIpc) is 2.64. The number of carbonyl (C=O) groups excluding carboxylic acids is 1. The monoisotopic (exact) mass is 363 g/mol. The number of hydrogen-bond acceptors (Lipinski definition) is 3. The van der Waals surface area contributed by atoms with E-state index in [1.807, 2.05) is 24.4 Å². The van der Waals surface area contributed by atoms with Crippen LogP contribution in [0.2, 0.25) is 0 Å². The number of hydrogen-bond donors (Lipinski definition) is 0. The van der Waals surface area contributed by atoms with Gasteiger partial charge in [-0.05, 0) is 65.5 Å². The van der Waals surface area contributed by atoms with Gasteiger partial charge in [-0.2, -0.15) is 0 Å². The van der Waals surface area contributed by atoms with Crippen molar-refractivity contribution in [1.82, 2.24) is 0 Å². The van der Waals surface area contributed by atoms with Gasteiger partial charge in [0.2, 0.25) is 0 Å². The molecule has 0 saturated carbocycles. The van der Waals surface area contributed by atoms with Crippen molar-refractivity contribution >= 4 is 17.9 Å². The minimum atomic E-state index is -0.335. The van der Waals surface area contributed by atoms with Crippen LogP contribution in [0.25, 0.3) is 0 Å². The van der Waals surface area contributed by atoms with Crippen molar-refractivity contribution in [3.8, 4) is 0 Å². The van der Waals surface area contributed by atoms with E-state index in [1.54, 1.807) is 13.0 Å². The summed E-state index contributed by atoms with van der Waals surface area (Å²) in [6, 6.07) is 13.9. The maximum absolute atomic E-state index is 12.1. The molecule has 3 rings (SSSR count). The Morgan fingerprint density at radius 1 is 1.04 bits per heavy atom. The molecule has 2 aromatic rings. The van der Waals surface area contributed by atoms with Crippen LogP contribution in [0.5, 0.6) is 0 Å². The molecule has 1 aliphatic carbocycles. The van der Waals surface area contributed by atoms with Crippen LogP contribution >= 0.6 is 0 Å². The zero-order valence-electron chi connectivity index (χ0n) is 17.0. The Morgan fingerprint density at radius 3 is 2.41 bits per heavy atom. The van der Waals surface area contributed by atoms with Gasteiger partial charge in [-0.25, -0.2) is 4.79 Å². The smallest absolute Gasteiger partial charge is 0.340 e. The van der Waals surface area contributed by atoms with Crippen molar-refractivity contribution in [2.45, 2.75) is 58.3 Å². The number of carbonyl (C=O) groups is 1. The molecule has 0 spiro atoms. The second kappa shape index (κ2) is 7.30. The van der Waals surface area contributed by atoms with Gasteiger partial charge in [-0.1, -0.05) is 52.0 Å². The number of esters is 1. The molecular weight excluding hydrogens is 334 g/mol. The normalized spacial score (nSPS) is 17.5. The van der Waals surface area contributed by atoms with E-state index in [-0.39, 0.29) is 16.8 Å². The minimum absolute atomic E-state index is 0.164. The van der Waals surface area contributed by atoms with Crippen LogP contribution in [0.4, 0.5) is 5.69 Å². The number of rotatable bonds is 4. The topological polar surface area (TPSA) is 38.7 Å². The highest BCUT2D eigenvalue weighted by Crippen LogP contribution is 2.45. The Balaban J connectivity index is 1.95. The number of fused-ring (bicyclic) bond motifs is 1. The number of aliphatic imine (C=N–C) groups is 1. The third kappa shape index (κ3) is 3.97. The summed E-state index contributed by atoms with van der Waals surface area (Å²) < 4.78 is 5.13. The molecule has 0 bridgehead atoms. The van der Waals surface area contributed by atoms with Crippen LogP contribution in [0.15, 0.2) is 47.5 Å². The third-order valence-electron chi connectivity index (χ3n) is 5.63. The van der Waals surface area contributed by atoms with E-state index in [1.165, 1.54) is 24.0 Å². The minimum Gasteiger partial charge on any atom is -0.462 e. The summed E-state index contributed by atoms with van der Waals surface area (Å²) in [5.41, 5.74) is 5.39. The van der Waals surface area contributed by atoms with Crippen molar-refractivity contribution in [3.63, 3.8) is 0 Å². The van der Waals surface area contributed by atoms with Crippen molar-refractivity contribution in [1.29, 1.82) is 0 Å². The van der Waals surface area contributed by atoms with Crippen molar-refractivity contribution in [3.05, 3.63) is 64.7 Å². The van der Waals surface area contributed by atoms with Gasteiger partial charge in [-0.3, -0.25) is 4.99 Å². The fourth-order valence-electron chi connectivity index (χ4n) is 3.80. The van der Waals surface area contributed by atoms with Gasteiger partial charge >= 0.3 is 5.97 Å². The van der Waals surface area contributed by atoms with Crippen LogP contribution < -0.4 is 0 Å². The molecule has 0 saturated heterocycles. The largest absolute Gasteiger partial charge is 0.462 e. The van der Waals surface area contributed by atoms with Crippen LogP contribution in [0.1, 0.15) is 74.5 Å². The lowest BCUT2D eigenvalue weighted by molar-refractivity contribution is 0.0527. The molecule has 0 amide bonds. The second-order valence-electron chi connectivity index (χ2n) is 8.57. The molecular formula is C24H29NO2. The summed E-state index contributed by atoms with van der Waals surface area (Å²) in [7, 11) is 0. The predicted octanol–water partition coefficient (Wildman–Crippen LogP) is 5.96. The molecule has 2 aromatic carbocycles. The molecule has 0 aliphatic heterocycles. The third-order valence-corrected chi connectivity index (χ3v) is 5.63. The first kappa shape index (κ1) is 19.3. The Labute approximate surface area is 162 Å². The standard InChI is InChI=1S/C24H29NO2/c1-6-27-22(26)18-9-7-8-10-21(18)25-16-17-11-12-19-20(15-17)24(4,5)14-13-23(19,2)3/h7-12,15-16H,6,13-14H2,1-5H3. The lowest BCUT2D eigenvalue weighted by Gasteiger charge is -2.42. The molecule has 0 radical (unpaired) electrons. The van der Waals surface area contributed by atoms with Gasteiger partial charge in [0.1, 0.15) is 0 Å². The first-order valence-corrected chi connectivity index (χ1v) is 9.70. The molecule has 0 fully saturated rings. The first-order chi connectivity index (χ1) is 12.7. The Morgan fingerprint density at radius 2 is 1.70 bits per heavy atom. The lowest BCUT2D eigenvalue weighted by Crippen LogP contribution is -2.33. The van der Waals surface area contributed by atoms with Crippen molar-refractivity contribution < 1.29 is 9.53 Å². The second-order valence-corrected chi connectivity index (χ2v) is 8.57. The van der Waals surface area contributed by atoms with E-state index < -0.39 is 0 Å². The van der Waals surface area contributed by atoms with Crippen LogP contribution in [-0.2, 0) is 15.6 Å². The molecule has 0 aromatic heterocycles. The van der Waals surface area contributed by atoms with Crippen LogP contribution in [0.3, 0.4) is 0 Å². The van der Waals surface area contributed by atoms with Crippen LogP contribution in [-0.4, -0.2) is 18.8 Å². The summed E-state index contributed by atoms with van der Waals surface area (Å²) in [6.07, 6.45) is 4.22. The van der Waals surface area contributed by atoms with Crippen molar-refractivity contribution in [2.24, 2.45) is 4.99 Å². The zero-order valence-corrected chi connectivity index (χ0v) is 17.0. The number of benzene rings is 2. The van der Waals surface area contributed by atoms with E-state index in [2.05, 4.69) is 50.9 Å². The molecule has 0 atom stereocenters. The van der Waals surface area contributed by atoms with Gasteiger partial charge in [0, 0.05) is 6.21 Å². The number of ether oxygens (including phenoxy) is 1. The van der Waals surface area contributed by atoms with Gasteiger partial charge in [0.05, 0.1) is 17.9 Å². The highest BCUT2D eigenvalue weighted by atomic mass is 16.5. The molecule has 0 N–H and O–H groups in total. The van der Waals surface area contributed by atoms with E-state index in [4.69, 9.17) is 4.74 Å². The van der Waals surface area contributed by atoms with Gasteiger partial charge in [0.15, 0.2) is 0 Å². The molecule has 0 heterocycles. The average molecular weight is 364 g/mol. The molecule has 3 nitrogen and oxygen atoms in total. The summed E-state index contributed by atoms with van der Waals surface area (Å²) in [5, 5.41) is 0. The maximum Gasteiger partial charge on any atom is 0.340 e. The van der Waals surface area contributed by atoms with Gasteiger partial charge in [0.25, 0.3) is 0 Å². The fraction of sp³-hybridized carbons (Fsp3) is 0.417. The quantitative estimate of drug-likeness (QED) is 0.496. The van der Waals surface area contributed by atoms with Gasteiger partial charge < -0.3 is 4.74 Å². The molecule has 27 heavy (non-hydrogen) atoms. The Bertz CT molecular complexity index is 878. The first-order valence-electron chi connectivity index (χ1n) is 9.70. The molecule has 3 heteroatoms. The van der Waals surface area contributed by atoms with Gasteiger partial charge in [-0.15, -0.1) is 0 Å². The summed E-state index contributed by atoms with van der Waals surface area (Å²) >= 11 is 0. The molecule has 1 aliphatic rings. The molecule has 142 valence electrons. The van der Waals surface area contributed by atoms with E-state index in [9.17, 15) is 4.79 Å². The number of nitrogens with zero attached hydrogens (tertiary/aromatic N) is 1. The highest BCUT2D eigenvalue weighted by molar-refractivity contribution is 5.96. The Kier molecular flexibility index (Phi) is 5.23. The van der Waals surface area contributed by atoms with Crippen LogP contribution in [0, 0.1) is 0 Å². The Hall–Kier alpha value is -2.42. The lowest BCUT2D eigenvalue weighted by atomic mass is 9.63. The fourth-order valence-corrected chi connectivity index (χ4v) is 3.80. The van der Waals surface area contributed by atoms with Crippen molar-refractivity contribution in [2.75, 3.05) is 6.61 Å². The highest BCUT2D eigenvalue weighted by Gasteiger charge is 2.36. The SMILES string of the molecule is CCOC(=O)c1ccccc1N=Cc1ccc2c(c1)C(C)(C)CCC2(C)C.